The highest BCUT2D eigenvalue weighted by Crippen LogP contribution is 2.32. The summed E-state index contributed by atoms with van der Waals surface area (Å²) < 4.78 is 32.7. The normalized spacial score (nSPS) is 15.1. The highest BCUT2D eigenvalue weighted by Gasteiger charge is 2.27. The third-order valence-electron chi connectivity index (χ3n) is 5.41. The number of amides is 1. The standard InChI is InChI=1S/C24H26N2O4S2/c1-17(2)18-7-9-21(10-8-18)25-24(27)20-5-3-19(4-6-20)22-11-12-23(31-22)32(28,29)26-13-15-30-16-14-26/h3-12,17H,13-16H2,1-2H3,(H,25,27). The smallest absolute Gasteiger partial charge is 0.255 e. The number of ether oxygens (including phenoxy) is 1. The molecule has 1 N–H and O–H groups in total. The van der Waals surface area contributed by atoms with Gasteiger partial charge in [0.25, 0.3) is 15.9 Å². The van der Waals surface area contributed by atoms with E-state index in [-0.39, 0.29) is 5.91 Å². The van der Waals surface area contributed by atoms with Gasteiger partial charge in [-0.15, -0.1) is 11.3 Å². The van der Waals surface area contributed by atoms with Gasteiger partial charge in [-0.3, -0.25) is 4.79 Å². The molecule has 1 aromatic heterocycles. The van der Waals surface area contributed by atoms with E-state index in [4.69, 9.17) is 4.74 Å². The van der Waals surface area contributed by atoms with Crippen LogP contribution < -0.4 is 5.32 Å². The molecule has 1 saturated heterocycles. The van der Waals surface area contributed by atoms with Crippen molar-refractivity contribution in [1.29, 1.82) is 0 Å². The topological polar surface area (TPSA) is 75.7 Å². The Kier molecular flexibility index (Phi) is 6.76. The van der Waals surface area contributed by atoms with Gasteiger partial charge in [0.2, 0.25) is 0 Å². The van der Waals surface area contributed by atoms with Gasteiger partial charge in [-0.25, -0.2) is 8.42 Å². The molecule has 4 rings (SSSR count). The summed E-state index contributed by atoms with van der Waals surface area (Å²) in [5, 5.41) is 2.91. The molecule has 0 saturated carbocycles. The molecule has 32 heavy (non-hydrogen) atoms. The van der Waals surface area contributed by atoms with Gasteiger partial charge >= 0.3 is 0 Å². The van der Waals surface area contributed by atoms with E-state index in [9.17, 15) is 13.2 Å². The average Bonchev–Trinajstić information content (AvgIpc) is 3.31. The monoisotopic (exact) mass is 470 g/mol. The first-order valence-corrected chi connectivity index (χ1v) is 12.8. The van der Waals surface area contributed by atoms with Crippen molar-refractivity contribution in [3.63, 3.8) is 0 Å². The van der Waals surface area contributed by atoms with Gasteiger partial charge in [0, 0.05) is 29.2 Å². The van der Waals surface area contributed by atoms with Crippen LogP contribution in [0.5, 0.6) is 0 Å². The van der Waals surface area contributed by atoms with Crippen LogP contribution in [0.1, 0.15) is 35.7 Å². The second kappa shape index (κ2) is 9.54. The molecule has 6 nitrogen and oxygen atoms in total. The van der Waals surface area contributed by atoms with E-state index >= 15 is 0 Å². The van der Waals surface area contributed by atoms with E-state index in [1.165, 1.54) is 21.2 Å². The maximum atomic E-state index is 12.8. The van der Waals surface area contributed by atoms with Gasteiger partial charge in [0.15, 0.2) is 0 Å². The number of thiophene rings is 1. The Bertz CT molecular complexity index is 1180. The summed E-state index contributed by atoms with van der Waals surface area (Å²) in [6.07, 6.45) is 0. The summed E-state index contributed by atoms with van der Waals surface area (Å²) in [5.41, 5.74) is 3.38. The Hall–Kier alpha value is -2.52. The molecule has 0 atom stereocenters. The summed E-state index contributed by atoms with van der Waals surface area (Å²) >= 11 is 1.24. The Morgan fingerprint density at radius 2 is 1.62 bits per heavy atom. The molecule has 1 aliphatic heterocycles. The zero-order valence-electron chi connectivity index (χ0n) is 18.1. The third-order valence-corrected chi connectivity index (χ3v) is 8.91. The molecule has 0 bridgehead atoms. The predicted octanol–water partition coefficient (Wildman–Crippen LogP) is 4.81. The molecule has 0 radical (unpaired) electrons. The molecule has 3 aromatic rings. The second-order valence-corrected chi connectivity index (χ2v) is 11.2. The van der Waals surface area contributed by atoms with Gasteiger partial charge in [-0.05, 0) is 53.4 Å². The van der Waals surface area contributed by atoms with E-state index in [0.29, 0.717) is 42.0 Å². The van der Waals surface area contributed by atoms with Crippen LogP contribution in [0.2, 0.25) is 0 Å². The van der Waals surface area contributed by atoms with E-state index < -0.39 is 10.0 Å². The maximum absolute atomic E-state index is 12.8. The number of carbonyl (C=O) groups excluding carboxylic acids is 1. The van der Waals surface area contributed by atoms with Crippen LogP contribution in [0.15, 0.2) is 64.9 Å². The number of sulfonamides is 1. The largest absolute Gasteiger partial charge is 0.379 e. The first-order chi connectivity index (χ1) is 15.3. The number of anilines is 1. The number of nitrogens with zero attached hydrogens (tertiary/aromatic N) is 1. The number of hydrogen-bond acceptors (Lipinski definition) is 5. The lowest BCUT2D eigenvalue weighted by molar-refractivity contribution is 0.0731. The van der Waals surface area contributed by atoms with Crippen LogP contribution >= 0.6 is 11.3 Å². The average molecular weight is 471 g/mol. The van der Waals surface area contributed by atoms with Crippen LogP contribution in [0, 0.1) is 0 Å². The molecule has 1 fully saturated rings. The van der Waals surface area contributed by atoms with Crippen molar-refractivity contribution in [1.82, 2.24) is 4.31 Å². The number of benzene rings is 2. The molecular formula is C24H26N2O4S2. The maximum Gasteiger partial charge on any atom is 0.255 e. The van der Waals surface area contributed by atoms with Crippen molar-refractivity contribution in [2.45, 2.75) is 24.0 Å². The lowest BCUT2D eigenvalue weighted by Gasteiger charge is -2.25. The van der Waals surface area contributed by atoms with E-state index in [1.807, 2.05) is 42.5 Å². The minimum atomic E-state index is -3.51. The zero-order chi connectivity index (χ0) is 22.7. The quantitative estimate of drug-likeness (QED) is 0.561. The summed E-state index contributed by atoms with van der Waals surface area (Å²) in [6.45, 7) is 5.85. The van der Waals surface area contributed by atoms with Crippen molar-refractivity contribution in [3.8, 4) is 10.4 Å². The first-order valence-electron chi connectivity index (χ1n) is 10.5. The van der Waals surface area contributed by atoms with Crippen LogP contribution in [0.4, 0.5) is 5.69 Å². The van der Waals surface area contributed by atoms with Gasteiger partial charge < -0.3 is 10.1 Å². The molecule has 8 heteroatoms. The van der Waals surface area contributed by atoms with E-state index in [2.05, 4.69) is 19.2 Å². The van der Waals surface area contributed by atoms with Crippen molar-refractivity contribution in [3.05, 3.63) is 71.8 Å². The fourth-order valence-electron chi connectivity index (χ4n) is 3.47. The van der Waals surface area contributed by atoms with Crippen LogP contribution in [-0.4, -0.2) is 44.9 Å². The van der Waals surface area contributed by atoms with Crippen LogP contribution in [-0.2, 0) is 14.8 Å². The Labute approximate surface area is 192 Å². The number of carbonyl (C=O) groups is 1. The highest BCUT2D eigenvalue weighted by atomic mass is 32.2. The molecule has 1 amide bonds. The molecule has 1 aliphatic rings. The molecule has 2 heterocycles. The Morgan fingerprint density at radius 1 is 0.969 bits per heavy atom. The fraction of sp³-hybridized carbons (Fsp3) is 0.292. The first kappa shape index (κ1) is 22.7. The molecule has 2 aromatic carbocycles. The van der Waals surface area contributed by atoms with Crippen molar-refractivity contribution in [2.75, 3.05) is 31.6 Å². The summed E-state index contributed by atoms with van der Waals surface area (Å²) in [7, 11) is -3.51. The Balaban J connectivity index is 1.45. The van der Waals surface area contributed by atoms with Gasteiger partial charge in [-0.1, -0.05) is 38.1 Å². The van der Waals surface area contributed by atoms with Crippen molar-refractivity contribution in [2.24, 2.45) is 0 Å². The van der Waals surface area contributed by atoms with Crippen molar-refractivity contribution < 1.29 is 17.9 Å². The van der Waals surface area contributed by atoms with Gasteiger partial charge in [-0.2, -0.15) is 4.31 Å². The second-order valence-electron chi connectivity index (χ2n) is 7.94. The SMILES string of the molecule is CC(C)c1ccc(NC(=O)c2ccc(-c3ccc(S(=O)(=O)N4CCOCC4)s3)cc2)cc1. The number of rotatable bonds is 6. The highest BCUT2D eigenvalue weighted by molar-refractivity contribution is 7.91. The van der Waals surface area contributed by atoms with E-state index in [0.717, 1.165) is 16.1 Å². The van der Waals surface area contributed by atoms with Gasteiger partial charge in [0.05, 0.1) is 13.2 Å². The molecule has 0 aliphatic carbocycles. The number of nitrogens with one attached hydrogen (secondary N) is 1. The zero-order valence-corrected chi connectivity index (χ0v) is 19.7. The van der Waals surface area contributed by atoms with Crippen molar-refractivity contribution >= 4 is 33.0 Å². The number of morpholine rings is 1. The molecule has 168 valence electrons. The van der Waals surface area contributed by atoms with E-state index in [1.54, 1.807) is 18.2 Å². The Morgan fingerprint density at radius 3 is 2.25 bits per heavy atom. The summed E-state index contributed by atoms with van der Waals surface area (Å²) in [5.74, 6) is 0.254. The predicted molar refractivity (Wildman–Crippen MR) is 128 cm³/mol. The van der Waals surface area contributed by atoms with Crippen LogP contribution in [0.25, 0.3) is 10.4 Å². The molecule has 0 spiro atoms. The van der Waals surface area contributed by atoms with Crippen LogP contribution in [0.3, 0.4) is 0 Å². The lowest BCUT2D eigenvalue weighted by Crippen LogP contribution is -2.40. The molecule has 0 unspecified atom stereocenters. The molecular weight excluding hydrogens is 444 g/mol. The minimum absolute atomic E-state index is 0.185. The number of hydrogen-bond donors (Lipinski definition) is 1. The lowest BCUT2D eigenvalue weighted by atomic mass is 10.0. The summed E-state index contributed by atoms with van der Waals surface area (Å²) in [6, 6.07) is 18.5. The third kappa shape index (κ3) is 4.94. The fourth-order valence-corrected chi connectivity index (χ4v) is 6.34. The minimum Gasteiger partial charge on any atom is -0.379 e. The van der Waals surface area contributed by atoms with Gasteiger partial charge in [0.1, 0.15) is 4.21 Å². The summed E-state index contributed by atoms with van der Waals surface area (Å²) in [4.78, 5) is 13.4.